The van der Waals surface area contributed by atoms with Gasteiger partial charge in [0, 0.05) is 5.56 Å². The van der Waals surface area contributed by atoms with Crippen molar-refractivity contribution in [3.8, 4) is 5.75 Å². The van der Waals surface area contributed by atoms with Crippen LogP contribution in [0.1, 0.15) is 29.1 Å². The summed E-state index contributed by atoms with van der Waals surface area (Å²) >= 11 is 0. The predicted octanol–water partition coefficient (Wildman–Crippen LogP) is 1.90. The molecule has 0 fully saturated rings. The standard InChI is InChI=1S/C12H12F2N4O2/c1-7(10-15-6-16-18-10)17-11(19)8-2-4-9(5-3-8)20-12(13)14/h2-7,12H,1H3,(H,17,19)(H,15,16,18). The highest BCUT2D eigenvalue weighted by Gasteiger charge is 2.13. The lowest BCUT2D eigenvalue weighted by molar-refractivity contribution is -0.0498. The van der Waals surface area contributed by atoms with Crippen LogP contribution in [0, 0.1) is 0 Å². The summed E-state index contributed by atoms with van der Waals surface area (Å²) in [6.45, 7) is -1.15. The molecule has 0 bridgehead atoms. The maximum Gasteiger partial charge on any atom is 0.387 e. The Morgan fingerprint density at radius 1 is 1.35 bits per heavy atom. The van der Waals surface area contributed by atoms with Crippen LogP contribution >= 0.6 is 0 Å². The Hall–Kier alpha value is -2.51. The second-order valence-corrected chi connectivity index (χ2v) is 3.97. The quantitative estimate of drug-likeness (QED) is 0.877. The molecule has 0 radical (unpaired) electrons. The van der Waals surface area contributed by atoms with E-state index in [4.69, 9.17) is 0 Å². The number of nitrogens with zero attached hydrogens (tertiary/aromatic N) is 2. The third-order valence-electron chi connectivity index (χ3n) is 2.53. The fourth-order valence-electron chi connectivity index (χ4n) is 1.56. The van der Waals surface area contributed by atoms with E-state index in [1.54, 1.807) is 6.92 Å². The van der Waals surface area contributed by atoms with Crippen molar-refractivity contribution in [2.24, 2.45) is 0 Å². The van der Waals surface area contributed by atoms with E-state index in [1.165, 1.54) is 30.6 Å². The zero-order valence-corrected chi connectivity index (χ0v) is 10.5. The van der Waals surface area contributed by atoms with Gasteiger partial charge in [0.05, 0.1) is 6.04 Å². The SMILES string of the molecule is CC(NC(=O)c1ccc(OC(F)F)cc1)c1ncn[nH]1. The molecule has 2 rings (SSSR count). The number of nitrogens with one attached hydrogen (secondary N) is 2. The third kappa shape index (κ3) is 3.50. The van der Waals surface area contributed by atoms with Crippen LogP contribution in [-0.2, 0) is 0 Å². The summed E-state index contributed by atoms with van der Waals surface area (Å²) < 4.78 is 28.2. The van der Waals surface area contributed by atoms with Crippen molar-refractivity contribution in [3.63, 3.8) is 0 Å². The number of hydrogen-bond acceptors (Lipinski definition) is 4. The summed E-state index contributed by atoms with van der Waals surface area (Å²) in [7, 11) is 0. The Morgan fingerprint density at radius 2 is 2.05 bits per heavy atom. The van der Waals surface area contributed by atoms with Crippen molar-refractivity contribution in [1.29, 1.82) is 0 Å². The summed E-state index contributed by atoms with van der Waals surface area (Å²) in [5, 5.41) is 9.03. The third-order valence-corrected chi connectivity index (χ3v) is 2.53. The lowest BCUT2D eigenvalue weighted by Gasteiger charge is -2.11. The minimum Gasteiger partial charge on any atom is -0.435 e. The molecule has 1 aromatic heterocycles. The summed E-state index contributed by atoms with van der Waals surface area (Å²) in [5.74, 6) is 0.174. The molecule has 0 saturated heterocycles. The monoisotopic (exact) mass is 282 g/mol. The topological polar surface area (TPSA) is 79.9 Å². The number of carbonyl (C=O) groups is 1. The van der Waals surface area contributed by atoms with Gasteiger partial charge in [0.15, 0.2) is 0 Å². The van der Waals surface area contributed by atoms with Crippen molar-refractivity contribution in [2.75, 3.05) is 0 Å². The summed E-state index contributed by atoms with van der Waals surface area (Å²) in [4.78, 5) is 15.8. The first-order chi connectivity index (χ1) is 9.56. The Labute approximate surface area is 113 Å². The van der Waals surface area contributed by atoms with Gasteiger partial charge in [-0.05, 0) is 31.2 Å². The van der Waals surface area contributed by atoms with Crippen molar-refractivity contribution in [2.45, 2.75) is 19.6 Å². The number of halogens is 2. The molecule has 0 saturated carbocycles. The smallest absolute Gasteiger partial charge is 0.387 e. The average molecular weight is 282 g/mol. The second-order valence-electron chi connectivity index (χ2n) is 3.97. The molecule has 20 heavy (non-hydrogen) atoms. The van der Waals surface area contributed by atoms with Gasteiger partial charge in [-0.1, -0.05) is 0 Å². The number of ether oxygens (including phenoxy) is 1. The van der Waals surface area contributed by atoms with Crippen molar-refractivity contribution >= 4 is 5.91 Å². The van der Waals surface area contributed by atoms with Gasteiger partial charge >= 0.3 is 6.61 Å². The number of aromatic amines is 1. The maximum absolute atomic E-state index is 12.0. The molecule has 0 spiro atoms. The van der Waals surface area contributed by atoms with E-state index in [0.29, 0.717) is 11.4 Å². The fraction of sp³-hybridized carbons (Fsp3) is 0.250. The number of amides is 1. The Bertz CT molecular complexity index is 557. The minimum atomic E-state index is -2.89. The van der Waals surface area contributed by atoms with Crippen LogP contribution in [0.5, 0.6) is 5.75 Å². The van der Waals surface area contributed by atoms with E-state index in [9.17, 15) is 13.6 Å². The van der Waals surface area contributed by atoms with Crippen LogP contribution in [0.4, 0.5) is 8.78 Å². The van der Waals surface area contributed by atoms with Crippen molar-refractivity contribution in [1.82, 2.24) is 20.5 Å². The molecule has 8 heteroatoms. The molecule has 106 valence electrons. The number of H-pyrrole nitrogens is 1. The molecule has 0 aliphatic heterocycles. The van der Waals surface area contributed by atoms with Crippen LogP contribution in [0.25, 0.3) is 0 Å². The number of benzene rings is 1. The van der Waals surface area contributed by atoms with Crippen LogP contribution < -0.4 is 10.1 Å². The van der Waals surface area contributed by atoms with E-state index < -0.39 is 6.61 Å². The zero-order valence-electron chi connectivity index (χ0n) is 10.5. The van der Waals surface area contributed by atoms with Gasteiger partial charge in [-0.2, -0.15) is 13.9 Å². The van der Waals surface area contributed by atoms with E-state index >= 15 is 0 Å². The molecule has 1 aromatic carbocycles. The molecule has 0 aliphatic rings. The van der Waals surface area contributed by atoms with Crippen LogP contribution in [0.3, 0.4) is 0 Å². The number of carbonyl (C=O) groups excluding carboxylic acids is 1. The second kappa shape index (κ2) is 6.09. The van der Waals surface area contributed by atoms with Crippen molar-refractivity contribution in [3.05, 3.63) is 42.0 Å². The first kappa shape index (κ1) is 13.9. The number of alkyl halides is 2. The fourth-order valence-corrected chi connectivity index (χ4v) is 1.56. The van der Waals surface area contributed by atoms with Gasteiger partial charge in [-0.15, -0.1) is 0 Å². The average Bonchev–Trinajstić information content (AvgIpc) is 2.92. The van der Waals surface area contributed by atoms with E-state index in [1.807, 2.05) is 0 Å². The highest BCUT2D eigenvalue weighted by Crippen LogP contribution is 2.15. The Balaban J connectivity index is 1.99. The molecule has 1 amide bonds. The molecule has 0 aliphatic carbocycles. The lowest BCUT2D eigenvalue weighted by Crippen LogP contribution is -2.27. The van der Waals surface area contributed by atoms with Gasteiger partial charge in [0.2, 0.25) is 0 Å². The van der Waals surface area contributed by atoms with E-state index in [0.717, 1.165) is 0 Å². The molecular weight excluding hydrogens is 270 g/mol. The number of hydrogen-bond donors (Lipinski definition) is 2. The lowest BCUT2D eigenvalue weighted by atomic mass is 10.2. The van der Waals surface area contributed by atoms with Crippen LogP contribution in [-0.4, -0.2) is 27.7 Å². The highest BCUT2D eigenvalue weighted by atomic mass is 19.3. The summed E-state index contributed by atoms with van der Waals surface area (Å²) in [6.07, 6.45) is 1.34. The van der Waals surface area contributed by atoms with E-state index in [-0.39, 0.29) is 17.7 Å². The van der Waals surface area contributed by atoms with Gasteiger partial charge in [-0.3, -0.25) is 9.89 Å². The first-order valence-corrected chi connectivity index (χ1v) is 5.77. The summed E-state index contributed by atoms with van der Waals surface area (Å²) in [5.41, 5.74) is 0.331. The Morgan fingerprint density at radius 3 is 2.60 bits per heavy atom. The molecule has 1 heterocycles. The largest absolute Gasteiger partial charge is 0.435 e. The first-order valence-electron chi connectivity index (χ1n) is 5.77. The Kier molecular flexibility index (Phi) is 4.24. The summed E-state index contributed by atoms with van der Waals surface area (Å²) in [6, 6.07) is 5.07. The zero-order chi connectivity index (χ0) is 14.5. The van der Waals surface area contributed by atoms with Crippen molar-refractivity contribution < 1.29 is 18.3 Å². The number of aromatic nitrogens is 3. The maximum atomic E-state index is 12.0. The predicted molar refractivity (Wildman–Crippen MR) is 65.3 cm³/mol. The molecule has 1 unspecified atom stereocenters. The normalized spacial score (nSPS) is 12.2. The molecule has 1 atom stereocenters. The molecule has 2 aromatic rings. The van der Waals surface area contributed by atoms with Crippen LogP contribution in [0.15, 0.2) is 30.6 Å². The van der Waals surface area contributed by atoms with Crippen LogP contribution in [0.2, 0.25) is 0 Å². The van der Waals surface area contributed by atoms with Gasteiger partial charge in [0.1, 0.15) is 17.9 Å². The van der Waals surface area contributed by atoms with E-state index in [2.05, 4.69) is 25.2 Å². The molecule has 6 nitrogen and oxygen atoms in total. The number of rotatable bonds is 5. The molecule has 2 N–H and O–H groups in total. The minimum absolute atomic E-state index is 0.000155. The van der Waals surface area contributed by atoms with Gasteiger partial charge < -0.3 is 10.1 Å². The highest BCUT2D eigenvalue weighted by molar-refractivity contribution is 5.94. The van der Waals surface area contributed by atoms with Gasteiger partial charge in [0.25, 0.3) is 5.91 Å². The van der Waals surface area contributed by atoms with Gasteiger partial charge in [-0.25, -0.2) is 4.98 Å². The molecular formula is C12H12F2N4O2.